The number of aliphatic imine (C=N–C) groups is 1. The van der Waals surface area contributed by atoms with Crippen molar-refractivity contribution in [2.24, 2.45) is 4.99 Å². The zero-order valence-electron chi connectivity index (χ0n) is 10.2. The number of thiocarbonyl (C=S) groups is 1. The summed E-state index contributed by atoms with van der Waals surface area (Å²) in [5, 5.41) is 4.97. The van der Waals surface area contributed by atoms with E-state index < -0.39 is 11.2 Å². The van der Waals surface area contributed by atoms with Gasteiger partial charge in [0.2, 0.25) is 0 Å². The summed E-state index contributed by atoms with van der Waals surface area (Å²) in [7, 11) is 0. The lowest BCUT2D eigenvalue weighted by Crippen LogP contribution is -1.96. The van der Waals surface area contributed by atoms with Crippen molar-refractivity contribution in [1.82, 2.24) is 4.98 Å². The van der Waals surface area contributed by atoms with E-state index in [-0.39, 0.29) is 0 Å². The van der Waals surface area contributed by atoms with Crippen LogP contribution in [0.5, 0.6) is 0 Å². The monoisotopic (exact) mass is 288 g/mol. The van der Waals surface area contributed by atoms with E-state index >= 15 is 0 Å². The molecule has 0 bridgehead atoms. The highest BCUT2D eigenvalue weighted by molar-refractivity contribution is 7.94. The largest absolute Gasteiger partial charge is 0.607 e. The first-order valence-electron chi connectivity index (χ1n) is 5.77. The van der Waals surface area contributed by atoms with Crippen molar-refractivity contribution in [3.05, 3.63) is 48.0 Å². The Balaban J connectivity index is 2.08. The standard InChI is InChI=1S/C14H12N2OS2/c17-19(9-2-1-7-15-11-18)13-5-6-14-12(10-13)4-3-8-16-14/h2-6,8-10H,1,7H2. The van der Waals surface area contributed by atoms with E-state index in [4.69, 9.17) is 0 Å². The third kappa shape index (κ3) is 3.98. The average Bonchev–Trinajstić information content (AvgIpc) is 2.46. The van der Waals surface area contributed by atoms with Crippen LogP contribution in [0.3, 0.4) is 0 Å². The number of hydrogen-bond acceptors (Lipinski definition) is 4. The van der Waals surface area contributed by atoms with E-state index in [0.717, 1.165) is 15.8 Å². The van der Waals surface area contributed by atoms with E-state index in [1.54, 1.807) is 11.6 Å². The van der Waals surface area contributed by atoms with E-state index in [1.165, 1.54) is 0 Å². The van der Waals surface area contributed by atoms with E-state index in [1.807, 2.05) is 36.4 Å². The number of hydrogen-bond donors (Lipinski definition) is 0. The Morgan fingerprint density at radius 1 is 1.42 bits per heavy atom. The molecule has 0 radical (unpaired) electrons. The SMILES string of the molecule is [O-][S+](C=CCCN=C=S)c1ccc2ncccc2c1. The summed E-state index contributed by atoms with van der Waals surface area (Å²) < 4.78 is 12.1. The molecule has 1 atom stereocenters. The minimum atomic E-state index is -1.14. The van der Waals surface area contributed by atoms with Gasteiger partial charge in [-0.15, -0.1) is 0 Å². The highest BCUT2D eigenvalue weighted by Crippen LogP contribution is 2.18. The Morgan fingerprint density at radius 3 is 3.16 bits per heavy atom. The molecule has 1 aromatic carbocycles. The molecule has 0 fully saturated rings. The molecule has 2 rings (SSSR count). The van der Waals surface area contributed by atoms with Crippen LogP contribution in [-0.2, 0) is 11.2 Å². The first-order valence-corrected chi connectivity index (χ1v) is 7.39. The molecule has 96 valence electrons. The smallest absolute Gasteiger partial charge is 0.158 e. The molecule has 0 aliphatic rings. The number of pyridine rings is 1. The van der Waals surface area contributed by atoms with Gasteiger partial charge in [-0.05, 0) is 42.9 Å². The van der Waals surface area contributed by atoms with E-state index in [2.05, 4.69) is 27.4 Å². The maximum atomic E-state index is 12.1. The second-order valence-corrected chi connectivity index (χ2v) is 5.31. The van der Waals surface area contributed by atoms with Crippen molar-refractivity contribution in [2.75, 3.05) is 6.54 Å². The molecule has 2 aromatic rings. The molecule has 0 spiro atoms. The fraction of sp³-hybridized carbons (Fsp3) is 0.143. The van der Waals surface area contributed by atoms with Gasteiger partial charge in [-0.25, -0.2) is 4.99 Å². The van der Waals surface area contributed by atoms with Gasteiger partial charge in [-0.2, -0.15) is 0 Å². The first kappa shape index (κ1) is 13.9. The third-order valence-electron chi connectivity index (χ3n) is 2.50. The number of fused-ring (bicyclic) bond motifs is 1. The van der Waals surface area contributed by atoms with Gasteiger partial charge in [0.1, 0.15) is 5.41 Å². The summed E-state index contributed by atoms with van der Waals surface area (Å²) in [6, 6.07) is 9.45. The number of rotatable bonds is 5. The second-order valence-electron chi connectivity index (χ2n) is 3.79. The topological polar surface area (TPSA) is 48.3 Å². The Hall–Kier alpha value is -1.52. The molecule has 0 saturated carbocycles. The fourth-order valence-corrected chi connectivity index (χ4v) is 2.60. The van der Waals surface area contributed by atoms with Gasteiger partial charge in [-0.1, -0.05) is 6.07 Å². The van der Waals surface area contributed by atoms with E-state index in [9.17, 15) is 4.55 Å². The zero-order chi connectivity index (χ0) is 13.5. The minimum Gasteiger partial charge on any atom is -0.607 e. The number of aromatic nitrogens is 1. The van der Waals surface area contributed by atoms with Crippen LogP contribution in [-0.4, -0.2) is 21.2 Å². The van der Waals surface area contributed by atoms with Crippen LogP contribution >= 0.6 is 12.2 Å². The minimum absolute atomic E-state index is 0.582. The summed E-state index contributed by atoms with van der Waals surface area (Å²) >= 11 is 3.33. The summed E-state index contributed by atoms with van der Waals surface area (Å²) in [6.07, 6.45) is 4.31. The molecular formula is C14H12N2OS2. The lowest BCUT2D eigenvalue weighted by molar-refractivity contribution is 0.603. The van der Waals surface area contributed by atoms with Gasteiger partial charge >= 0.3 is 0 Å². The normalized spacial score (nSPS) is 12.5. The van der Waals surface area contributed by atoms with Crippen LogP contribution in [0.25, 0.3) is 10.9 Å². The molecule has 0 aliphatic heterocycles. The van der Waals surface area contributed by atoms with Gasteiger partial charge in [0, 0.05) is 28.8 Å². The molecule has 0 amide bonds. The predicted octanol–water partition coefficient (Wildman–Crippen LogP) is 3.35. The zero-order valence-corrected chi connectivity index (χ0v) is 11.8. The quantitative estimate of drug-likeness (QED) is 0.367. The number of benzene rings is 1. The molecule has 1 aromatic heterocycles. The highest BCUT2D eigenvalue weighted by atomic mass is 32.2. The fourth-order valence-electron chi connectivity index (χ4n) is 1.60. The maximum Gasteiger partial charge on any atom is 0.158 e. The van der Waals surface area contributed by atoms with Crippen LogP contribution in [0.4, 0.5) is 0 Å². The Labute approximate surface area is 120 Å². The van der Waals surface area contributed by atoms with Gasteiger partial charge in [-0.3, -0.25) is 4.98 Å². The molecule has 1 unspecified atom stereocenters. The lowest BCUT2D eigenvalue weighted by atomic mass is 10.2. The van der Waals surface area contributed by atoms with Crippen molar-refractivity contribution in [3.63, 3.8) is 0 Å². The third-order valence-corrected chi connectivity index (χ3v) is 3.79. The average molecular weight is 288 g/mol. The van der Waals surface area contributed by atoms with Crippen molar-refractivity contribution in [2.45, 2.75) is 11.3 Å². The summed E-state index contributed by atoms with van der Waals surface area (Å²) in [5.74, 6) is 0. The predicted molar refractivity (Wildman–Crippen MR) is 81.8 cm³/mol. The van der Waals surface area contributed by atoms with E-state index in [0.29, 0.717) is 13.0 Å². The Morgan fingerprint density at radius 2 is 2.32 bits per heavy atom. The number of isothiocyanates is 1. The van der Waals surface area contributed by atoms with Gasteiger partial charge < -0.3 is 4.55 Å². The second kappa shape index (κ2) is 7.16. The van der Waals surface area contributed by atoms with Crippen LogP contribution < -0.4 is 0 Å². The molecule has 0 N–H and O–H groups in total. The molecule has 3 nitrogen and oxygen atoms in total. The Bertz CT molecular complexity index is 636. The molecule has 5 heteroatoms. The molecular weight excluding hydrogens is 276 g/mol. The highest BCUT2D eigenvalue weighted by Gasteiger charge is 2.07. The first-order chi connectivity index (χ1) is 9.31. The van der Waals surface area contributed by atoms with Crippen LogP contribution in [0.2, 0.25) is 0 Å². The Kier molecular flexibility index (Phi) is 5.24. The summed E-state index contributed by atoms with van der Waals surface area (Å²) in [6.45, 7) is 0.582. The van der Waals surface area contributed by atoms with Crippen LogP contribution in [0.1, 0.15) is 6.42 Å². The van der Waals surface area contributed by atoms with Crippen LogP contribution in [0, 0.1) is 0 Å². The molecule has 19 heavy (non-hydrogen) atoms. The molecule has 1 heterocycles. The summed E-state index contributed by atoms with van der Waals surface area (Å²) in [4.78, 5) is 8.79. The van der Waals surface area contributed by atoms with Crippen LogP contribution in [0.15, 0.2) is 57.9 Å². The number of nitrogens with zero attached hydrogens (tertiary/aromatic N) is 2. The van der Waals surface area contributed by atoms with Gasteiger partial charge in [0.05, 0.1) is 17.2 Å². The molecule has 0 saturated heterocycles. The van der Waals surface area contributed by atoms with Crippen molar-refractivity contribution in [3.8, 4) is 0 Å². The summed E-state index contributed by atoms with van der Waals surface area (Å²) in [5.41, 5.74) is 0.905. The van der Waals surface area contributed by atoms with Crippen molar-refractivity contribution in [1.29, 1.82) is 0 Å². The van der Waals surface area contributed by atoms with Gasteiger partial charge in [0.15, 0.2) is 4.90 Å². The lowest BCUT2D eigenvalue weighted by Gasteiger charge is -2.05. The maximum absolute atomic E-state index is 12.1. The van der Waals surface area contributed by atoms with Crippen molar-refractivity contribution >= 4 is 39.5 Å². The van der Waals surface area contributed by atoms with Crippen molar-refractivity contribution < 1.29 is 4.55 Å². The van der Waals surface area contributed by atoms with Gasteiger partial charge in [0.25, 0.3) is 0 Å². The molecule has 0 aliphatic carbocycles.